The monoisotopic (exact) mass is 347 g/mol. The number of halogens is 1. The van der Waals surface area contributed by atoms with E-state index >= 15 is 0 Å². The summed E-state index contributed by atoms with van der Waals surface area (Å²) in [7, 11) is 1.45. The van der Waals surface area contributed by atoms with Crippen LogP contribution >= 0.6 is 0 Å². The van der Waals surface area contributed by atoms with Gasteiger partial charge in [-0.15, -0.1) is 0 Å². The number of nitro groups is 1. The van der Waals surface area contributed by atoms with Crippen LogP contribution in [0, 0.1) is 15.9 Å². The number of hydrogen-bond donors (Lipinski definition) is 2. The van der Waals surface area contributed by atoms with Gasteiger partial charge in [0, 0.05) is 20.1 Å². The summed E-state index contributed by atoms with van der Waals surface area (Å²) in [6.07, 6.45) is 0. The topological polar surface area (TPSA) is 95.7 Å². The quantitative estimate of drug-likeness (QED) is 0.592. The molecule has 0 aliphatic carbocycles. The molecule has 0 heterocycles. The molecule has 25 heavy (non-hydrogen) atoms. The van der Waals surface area contributed by atoms with Crippen LogP contribution in [0.15, 0.2) is 42.5 Å². The van der Waals surface area contributed by atoms with Gasteiger partial charge in [-0.3, -0.25) is 14.9 Å². The number of aliphatic hydroxyl groups excluding tert-OH is 1. The number of benzene rings is 2. The zero-order valence-corrected chi connectivity index (χ0v) is 13.6. The predicted molar refractivity (Wildman–Crippen MR) is 90.9 cm³/mol. The maximum atomic E-state index is 13.8. The lowest BCUT2D eigenvalue weighted by Gasteiger charge is -2.22. The van der Waals surface area contributed by atoms with Crippen molar-refractivity contribution in [3.05, 3.63) is 69.5 Å². The highest BCUT2D eigenvalue weighted by Crippen LogP contribution is 2.27. The van der Waals surface area contributed by atoms with E-state index in [0.717, 1.165) is 17.7 Å². The summed E-state index contributed by atoms with van der Waals surface area (Å²) >= 11 is 0. The first kappa shape index (κ1) is 18.3. The van der Waals surface area contributed by atoms with E-state index in [1.165, 1.54) is 11.9 Å². The number of nitrogens with zero attached hydrogens (tertiary/aromatic N) is 2. The number of carbonyl (C=O) groups excluding carboxylic acids is 1. The van der Waals surface area contributed by atoms with E-state index in [2.05, 4.69) is 5.32 Å². The summed E-state index contributed by atoms with van der Waals surface area (Å²) in [6, 6.07) is 10.9. The zero-order valence-electron chi connectivity index (χ0n) is 13.6. The molecule has 7 nitrogen and oxygen atoms in total. The van der Waals surface area contributed by atoms with E-state index in [0.29, 0.717) is 0 Å². The van der Waals surface area contributed by atoms with Crippen molar-refractivity contribution in [2.24, 2.45) is 0 Å². The number of rotatable bonds is 7. The number of aliphatic hydroxyl groups is 1. The molecule has 0 unspecified atom stereocenters. The second-order valence-electron chi connectivity index (χ2n) is 5.29. The van der Waals surface area contributed by atoms with Crippen molar-refractivity contribution in [3.63, 3.8) is 0 Å². The van der Waals surface area contributed by atoms with Crippen molar-refractivity contribution < 1.29 is 19.2 Å². The predicted octanol–water partition coefficient (Wildman–Crippen LogP) is 2.41. The van der Waals surface area contributed by atoms with Gasteiger partial charge in [0.2, 0.25) is 0 Å². The van der Waals surface area contributed by atoms with Gasteiger partial charge in [0.05, 0.1) is 23.3 Å². The number of nitrogens with one attached hydrogen (secondary N) is 1. The van der Waals surface area contributed by atoms with Gasteiger partial charge in [0.25, 0.3) is 11.6 Å². The van der Waals surface area contributed by atoms with E-state index < -0.39 is 22.3 Å². The highest BCUT2D eigenvalue weighted by Gasteiger charge is 2.27. The molecule has 2 aromatic rings. The van der Waals surface area contributed by atoms with Gasteiger partial charge in [0.1, 0.15) is 5.56 Å². The molecule has 2 N–H and O–H groups in total. The van der Waals surface area contributed by atoms with Crippen LogP contribution in [-0.2, 0) is 6.54 Å². The van der Waals surface area contributed by atoms with Crippen LogP contribution in [0.2, 0.25) is 0 Å². The van der Waals surface area contributed by atoms with Crippen molar-refractivity contribution in [3.8, 4) is 0 Å². The number of anilines is 1. The average Bonchev–Trinajstić information content (AvgIpc) is 2.61. The second-order valence-corrected chi connectivity index (χ2v) is 5.29. The Morgan fingerprint density at radius 1 is 1.32 bits per heavy atom. The molecule has 2 aromatic carbocycles. The Hall–Kier alpha value is -3.00. The van der Waals surface area contributed by atoms with Crippen LogP contribution in [0.25, 0.3) is 0 Å². The third kappa shape index (κ3) is 4.30. The Morgan fingerprint density at radius 3 is 2.56 bits per heavy atom. The zero-order chi connectivity index (χ0) is 18.4. The highest BCUT2D eigenvalue weighted by atomic mass is 19.1. The lowest BCUT2D eigenvalue weighted by Crippen LogP contribution is -2.33. The van der Waals surface area contributed by atoms with E-state index in [-0.39, 0.29) is 30.9 Å². The summed E-state index contributed by atoms with van der Waals surface area (Å²) in [5.74, 6) is -1.47. The third-order valence-electron chi connectivity index (χ3n) is 3.66. The molecule has 1 amide bonds. The Bertz CT molecular complexity index is 768. The fourth-order valence-electron chi connectivity index (χ4n) is 2.42. The largest absolute Gasteiger partial charge is 0.395 e. The van der Waals surface area contributed by atoms with Crippen LogP contribution in [0.1, 0.15) is 15.9 Å². The smallest absolute Gasteiger partial charge is 0.285 e. The molecule has 0 radical (unpaired) electrons. The summed E-state index contributed by atoms with van der Waals surface area (Å²) in [5, 5.41) is 23.0. The van der Waals surface area contributed by atoms with Gasteiger partial charge >= 0.3 is 0 Å². The Morgan fingerprint density at radius 2 is 2.00 bits per heavy atom. The number of hydrogen-bond acceptors (Lipinski definition) is 5. The van der Waals surface area contributed by atoms with Crippen LogP contribution in [-0.4, -0.2) is 41.0 Å². The van der Waals surface area contributed by atoms with Crippen LogP contribution in [0.5, 0.6) is 0 Å². The molecule has 0 spiro atoms. The van der Waals surface area contributed by atoms with Gasteiger partial charge in [-0.1, -0.05) is 30.3 Å². The van der Waals surface area contributed by atoms with Crippen LogP contribution < -0.4 is 5.32 Å². The van der Waals surface area contributed by atoms with Gasteiger partial charge in [-0.05, 0) is 11.6 Å². The van der Waals surface area contributed by atoms with Crippen molar-refractivity contribution in [2.75, 3.05) is 25.5 Å². The molecular formula is C17H18FN3O4. The Kier molecular flexibility index (Phi) is 6.02. The molecule has 8 heteroatoms. The van der Waals surface area contributed by atoms with Crippen molar-refractivity contribution >= 4 is 17.3 Å². The van der Waals surface area contributed by atoms with E-state index in [4.69, 9.17) is 0 Å². The Balaban J connectivity index is 2.42. The number of nitro benzene ring substituents is 1. The molecule has 0 atom stereocenters. The normalized spacial score (nSPS) is 10.4. The fourth-order valence-corrected chi connectivity index (χ4v) is 2.42. The fraction of sp³-hybridized carbons (Fsp3) is 0.235. The van der Waals surface area contributed by atoms with Gasteiger partial charge in [-0.2, -0.15) is 0 Å². The first-order valence-corrected chi connectivity index (χ1v) is 7.57. The lowest BCUT2D eigenvalue weighted by atomic mass is 10.1. The first-order valence-electron chi connectivity index (χ1n) is 7.57. The van der Waals surface area contributed by atoms with E-state index in [1.807, 2.05) is 6.07 Å². The summed E-state index contributed by atoms with van der Waals surface area (Å²) in [6.45, 7) is -0.132. The van der Waals surface area contributed by atoms with Crippen molar-refractivity contribution in [1.29, 1.82) is 0 Å². The molecule has 0 saturated heterocycles. The van der Waals surface area contributed by atoms with Crippen molar-refractivity contribution in [1.82, 2.24) is 4.90 Å². The second kappa shape index (κ2) is 8.20. The van der Waals surface area contributed by atoms with Gasteiger partial charge < -0.3 is 15.3 Å². The molecule has 0 aliphatic rings. The van der Waals surface area contributed by atoms with Crippen LogP contribution in [0.4, 0.5) is 15.8 Å². The summed E-state index contributed by atoms with van der Waals surface area (Å²) < 4.78 is 13.8. The average molecular weight is 347 g/mol. The van der Waals surface area contributed by atoms with E-state index in [9.17, 15) is 24.4 Å². The summed E-state index contributed by atoms with van der Waals surface area (Å²) in [4.78, 5) is 24.5. The standard InChI is InChI=1S/C17H18FN3O4/c1-19-15-9-13(16(21(24)25)10-14(15)18)17(23)20(7-8-22)11-12-5-3-2-4-6-12/h2-6,9-10,19,22H,7-8,11H2,1H3. The molecule has 0 bridgehead atoms. The minimum atomic E-state index is -0.817. The molecule has 0 aliphatic heterocycles. The number of carbonyl (C=O) groups is 1. The summed E-state index contributed by atoms with van der Waals surface area (Å²) in [5.41, 5.74) is -0.0573. The molecule has 0 aromatic heterocycles. The van der Waals surface area contributed by atoms with Gasteiger partial charge in [-0.25, -0.2) is 4.39 Å². The molecule has 132 valence electrons. The minimum absolute atomic E-state index is 0.00283. The SMILES string of the molecule is CNc1cc(C(=O)N(CCO)Cc2ccccc2)c([N+](=O)[O-])cc1F. The lowest BCUT2D eigenvalue weighted by molar-refractivity contribution is -0.385. The van der Waals surface area contributed by atoms with Crippen molar-refractivity contribution in [2.45, 2.75) is 6.54 Å². The highest BCUT2D eigenvalue weighted by molar-refractivity contribution is 5.99. The molecule has 0 fully saturated rings. The first-order chi connectivity index (χ1) is 12.0. The Labute approximate surface area is 143 Å². The number of amides is 1. The maximum Gasteiger partial charge on any atom is 0.285 e. The molecular weight excluding hydrogens is 329 g/mol. The van der Waals surface area contributed by atoms with Gasteiger partial charge in [0.15, 0.2) is 5.82 Å². The molecule has 2 rings (SSSR count). The van der Waals surface area contributed by atoms with E-state index in [1.54, 1.807) is 24.3 Å². The minimum Gasteiger partial charge on any atom is -0.395 e. The maximum absolute atomic E-state index is 13.8. The molecule has 0 saturated carbocycles. The van der Waals surface area contributed by atoms with Crippen LogP contribution in [0.3, 0.4) is 0 Å². The third-order valence-corrected chi connectivity index (χ3v) is 3.66.